The molecule has 3 heterocycles. The number of carbonyl (C=O) groups excluding carboxylic acids is 2. The molecule has 5 rings (SSSR count). The van der Waals surface area contributed by atoms with Gasteiger partial charge in [-0.25, -0.2) is 0 Å². The van der Waals surface area contributed by atoms with Crippen molar-refractivity contribution >= 4 is 11.6 Å². The van der Waals surface area contributed by atoms with E-state index in [1.54, 1.807) is 20.8 Å². The van der Waals surface area contributed by atoms with Gasteiger partial charge in [-0.15, -0.1) is 0 Å². The first-order valence-electron chi connectivity index (χ1n) is 15.1. The molecule has 228 valence electrons. The Kier molecular flexibility index (Phi) is 7.02. The molecule has 0 amide bonds. The van der Waals surface area contributed by atoms with Crippen molar-refractivity contribution in [1.82, 2.24) is 0 Å². The summed E-state index contributed by atoms with van der Waals surface area (Å²) in [6.45, 7) is 18.5. The summed E-state index contributed by atoms with van der Waals surface area (Å²) in [7, 11) is 0. The van der Waals surface area contributed by atoms with E-state index < -0.39 is 17.3 Å². The molecular formula is C34H44O8. The fourth-order valence-electron chi connectivity index (χ4n) is 7.07. The summed E-state index contributed by atoms with van der Waals surface area (Å²) in [4.78, 5) is 27.2. The normalized spacial score (nSPS) is 24.1. The number of ketones is 2. The smallest absolute Gasteiger partial charge is 0.173 e. The Hall–Kier alpha value is -3.42. The number of aromatic hydroxyl groups is 3. The molecule has 0 aromatic heterocycles. The van der Waals surface area contributed by atoms with Gasteiger partial charge in [0.2, 0.25) is 0 Å². The molecule has 0 radical (unpaired) electrons. The van der Waals surface area contributed by atoms with Crippen LogP contribution >= 0.6 is 0 Å². The zero-order valence-electron chi connectivity index (χ0n) is 26.4. The molecule has 0 saturated carbocycles. The second-order valence-electron chi connectivity index (χ2n) is 13.6. The van der Waals surface area contributed by atoms with Gasteiger partial charge in [0, 0.05) is 40.4 Å². The van der Waals surface area contributed by atoms with Gasteiger partial charge in [-0.1, -0.05) is 27.7 Å². The SMILES string of the molecule is CCC(C)C(=O)c1c(O)c(C)c2c3c1OC(C)(C)CC3C1C(O2)c2c(O)c(C)c(O)c(C(=O)C(C)CC)c2OC1(C)C. The molecule has 0 fully saturated rings. The number of hydrogen-bond donors (Lipinski definition) is 3. The van der Waals surface area contributed by atoms with Crippen LogP contribution in [0.3, 0.4) is 0 Å². The number of carbonyl (C=O) groups is 2. The lowest BCUT2D eigenvalue weighted by Crippen LogP contribution is -2.53. The summed E-state index contributed by atoms with van der Waals surface area (Å²) >= 11 is 0. The van der Waals surface area contributed by atoms with Crippen LogP contribution in [0, 0.1) is 31.6 Å². The molecule has 42 heavy (non-hydrogen) atoms. The average Bonchev–Trinajstić information content (AvgIpc) is 2.91. The fraction of sp³-hybridized carbons (Fsp3) is 0.588. The van der Waals surface area contributed by atoms with Crippen LogP contribution < -0.4 is 14.2 Å². The van der Waals surface area contributed by atoms with Gasteiger partial charge < -0.3 is 29.5 Å². The van der Waals surface area contributed by atoms with Crippen molar-refractivity contribution in [1.29, 1.82) is 0 Å². The van der Waals surface area contributed by atoms with E-state index >= 15 is 0 Å². The van der Waals surface area contributed by atoms with Crippen LogP contribution in [0.5, 0.6) is 34.5 Å². The molecule has 8 nitrogen and oxygen atoms in total. The minimum absolute atomic E-state index is 0.0534. The maximum atomic E-state index is 13.6. The Bertz CT molecular complexity index is 1500. The highest BCUT2D eigenvalue weighted by molar-refractivity contribution is 6.05. The molecular weight excluding hydrogens is 536 g/mol. The summed E-state index contributed by atoms with van der Waals surface area (Å²) in [5, 5.41) is 34.1. The van der Waals surface area contributed by atoms with E-state index in [0.717, 1.165) is 5.56 Å². The molecule has 2 aromatic carbocycles. The molecule has 0 bridgehead atoms. The number of hydrogen-bond acceptors (Lipinski definition) is 8. The fourth-order valence-corrected chi connectivity index (χ4v) is 7.07. The van der Waals surface area contributed by atoms with Gasteiger partial charge in [-0.05, 0) is 60.8 Å². The van der Waals surface area contributed by atoms with E-state index in [4.69, 9.17) is 14.2 Å². The third-order valence-electron chi connectivity index (χ3n) is 9.85. The summed E-state index contributed by atoms with van der Waals surface area (Å²) in [6.07, 6.45) is 0.988. The molecule has 0 saturated heterocycles. The lowest BCUT2D eigenvalue weighted by atomic mass is 9.63. The standard InChI is InChI=1S/C34H44O8/c1-11-14(3)24(35)20-26(37)16(5)27(38)22-31(20)42-34(9,10)23-18-13-33(7,8)41-30-19(18)29(40-32(22)23)17(6)28(39)21(30)25(36)15(4)12-2/h14-15,18,23,32,37-39H,11-13H2,1-10H3. The van der Waals surface area contributed by atoms with Gasteiger partial charge in [0.15, 0.2) is 11.6 Å². The van der Waals surface area contributed by atoms with Crippen molar-refractivity contribution < 1.29 is 39.1 Å². The second kappa shape index (κ2) is 9.81. The Morgan fingerprint density at radius 3 is 1.81 bits per heavy atom. The molecule has 5 unspecified atom stereocenters. The van der Waals surface area contributed by atoms with Crippen LogP contribution in [0.1, 0.15) is 130 Å². The third kappa shape index (κ3) is 4.15. The largest absolute Gasteiger partial charge is 0.507 e. The van der Waals surface area contributed by atoms with E-state index in [1.165, 1.54) is 0 Å². The molecule has 3 aliphatic rings. The highest BCUT2D eigenvalue weighted by Crippen LogP contribution is 2.66. The quantitative estimate of drug-likeness (QED) is 0.301. The van der Waals surface area contributed by atoms with Crippen LogP contribution in [0.4, 0.5) is 0 Å². The van der Waals surface area contributed by atoms with Gasteiger partial charge in [-0.2, -0.15) is 0 Å². The van der Waals surface area contributed by atoms with Crippen LogP contribution in [-0.4, -0.2) is 38.1 Å². The predicted octanol–water partition coefficient (Wildman–Crippen LogP) is 7.44. The maximum absolute atomic E-state index is 13.6. The Morgan fingerprint density at radius 2 is 1.29 bits per heavy atom. The number of rotatable bonds is 6. The Morgan fingerprint density at radius 1 is 0.786 bits per heavy atom. The average molecular weight is 581 g/mol. The monoisotopic (exact) mass is 580 g/mol. The number of ether oxygens (including phenoxy) is 3. The molecule has 0 spiro atoms. The Balaban J connectivity index is 1.83. The first-order chi connectivity index (χ1) is 19.5. The van der Waals surface area contributed by atoms with Crippen molar-refractivity contribution in [3.8, 4) is 34.5 Å². The van der Waals surface area contributed by atoms with E-state index in [-0.39, 0.29) is 74.9 Å². The van der Waals surface area contributed by atoms with Gasteiger partial charge in [0.05, 0.1) is 5.56 Å². The maximum Gasteiger partial charge on any atom is 0.173 e. The lowest BCUT2D eigenvalue weighted by molar-refractivity contribution is -0.0861. The Labute approximate surface area is 248 Å². The number of phenolic OH excluding ortho intramolecular Hbond substituents is 3. The summed E-state index contributed by atoms with van der Waals surface area (Å²) < 4.78 is 19.9. The molecule has 3 N–H and O–H groups in total. The molecule has 0 aliphatic carbocycles. The van der Waals surface area contributed by atoms with E-state index in [0.29, 0.717) is 41.9 Å². The predicted molar refractivity (Wildman–Crippen MR) is 159 cm³/mol. The van der Waals surface area contributed by atoms with Crippen molar-refractivity contribution in [3.63, 3.8) is 0 Å². The van der Waals surface area contributed by atoms with Crippen LogP contribution in [0.2, 0.25) is 0 Å². The van der Waals surface area contributed by atoms with Crippen LogP contribution in [-0.2, 0) is 0 Å². The van der Waals surface area contributed by atoms with Gasteiger partial charge in [0.25, 0.3) is 0 Å². The molecule has 5 atom stereocenters. The van der Waals surface area contributed by atoms with Gasteiger partial charge in [-0.3, -0.25) is 9.59 Å². The number of phenols is 3. The zero-order chi connectivity index (χ0) is 31.2. The number of fused-ring (bicyclic) bond motifs is 4. The van der Waals surface area contributed by atoms with E-state index in [9.17, 15) is 24.9 Å². The van der Waals surface area contributed by atoms with Crippen molar-refractivity contribution in [2.24, 2.45) is 17.8 Å². The highest BCUT2D eigenvalue weighted by Gasteiger charge is 2.59. The zero-order valence-corrected chi connectivity index (χ0v) is 26.4. The molecule has 2 aromatic rings. The topological polar surface area (TPSA) is 123 Å². The highest BCUT2D eigenvalue weighted by atomic mass is 16.5. The number of Topliss-reactive ketones (excluding diaryl/α,β-unsaturated/α-hetero) is 2. The lowest BCUT2D eigenvalue weighted by Gasteiger charge is -2.54. The third-order valence-corrected chi connectivity index (χ3v) is 9.85. The van der Waals surface area contributed by atoms with Crippen molar-refractivity contribution in [2.75, 3.05) is 0 Å². The first kappa shape index (κ1) is 30.1. The van der Waals surface area contributed by atoms with Crippen molar-refractivity contribution in [2.45, 2.75) is 112 Å². The first-order valence-corrected chi connectivity index (χ1v) is 15.1. The van der Waals surface area contributed by atoms with Crippen LogP contribution in [0.25, 0.3) is 0 Å². The molecule has 8 heteroatoms. The van der Waals surface area contributed by atoms with Gasteiger partial charge >= 0.3 is 0 Å². The second-order valence-corrected chi connectivity index (χ2v) is 13.6. The van der Waals surface area contributed by atoms with Crippen molar-refractivity contribution in [3.05, 3.63) is 33.4 Å². The summed E-state index contributed by atoms with van der Waals surface area (Å²) in [6, 6.07) is 0. The number of benzene rings is 2. The minimum atomic E-state index is -0.921. The van der Waals surface area contributed by atoms with Crippen LogP contribution in [0.15, 0.2) is 0 Å². The summed E-state index contributed by atoms with van der Waals surface area (Å²) in [5.74, 6) is -1.50. The van der Waals surface area contributed by atoms with E-state index in [2.05, 4.69) is 0 Å². The molecule has 3 aliphatic heterocycles. The van der Waals surface area contributed by atoms with Gasteiger partial charge in [0.1, 0.15) is 62.9 Å². The minimum Gasteiger partial charge on any atom is -0.507 e. The van der Waals surface area contributed by atoms with E-state index in [1.807, 2.05) is 48.5 Å². The summed E-state index contributed by atoms with van der Waals surface area (Å²) in [5.41, 5.74) is 0.265.